The molecular weight excluding hydrogens is 262 g/mol. The topological polar surface area (TPSA) is 21.3 Å². The van der Waals surface area contributed by atoms with Crippen LogP contribution in [-0.4, -0.2) is 19.3 Å². The molecule has 2 nitrogen and oxygen atoms in total. The summed E-state index contributed by atoms with van der Waals surface area (Å²) in [6, 6.07) is 3.67. The molecule has 0 unspecified atom stereocenters. The fourth-order valence-corrected chi connectivity index (χ4v) is 1.71. The molecule has 1 aromatic carbocycles. The van der Waals surface area contributed by atoms with Crippen LogP contribution >= 0.6 is 0 Å². The standard InChI is InChI=1S/C13H15F4NO/c14-11-3-10(7-18-6-9-1-2-9)4-12(5-11)19-8-13(15,16)17/h3-5,9,18H,1-2,6-8H2. The molecule has 0 bridgehead atoms. The van der Waals surface area contributed by atoms with E-state index in [4.69, 9.17) is 0 Å². The lowest BCUT2D eigenvalue weighted by atomic mass is 10.2. The van der Waals surface area contributed by atoms with E-state index < -0.39 is 18.6 Å². The van der Waals surface area contributed by atoms with Gasteiger partial charge in [0, 0.05) is 12.6 Å². The summed E-state index contributed by atoms with van der Waals surface area (Å²) in [7, 11) is 0. The summed E-state index contributed by atoms with van der Waals surface area (Å²) in [4.78, 5) is 0. The minimum Gasteiger partial charge on any atom is -0.484 e. The van der Waals surface area contributed by atoms with E-state index in [-0.39, 0.29) is 5.75 Å². The van der Waals surface area contributed by atoms with E-state index in [1.165, 1.54) is 25.0 Å². The molecule has 0 heterocycles. The normalized spacial score (nSPS) is 15.6. The molecule has 1 aliphatic rings. The van der Waals surface area contributed by atoms with Crippen molar-refractivity contribution in [2.24, 2.45) is 5.92 Å². The summed E-state index contributed by atoms with van der Waals surface area (Å²) in [6.07, 6.45) is -2.01. The van der Waals surface area contributed by atoms with Crippen molar-refractivity contribution in [1.82, 2.24) is 5.32 Å². The van der Waals surface area contributed by atoms with Crippen LogP contribution < -0.4 is 10.1 Å². The number of alkyl halides is 3. The van der Waals surface area contributed by atoms with Gasteiger partial charge in [-0.2, -0.15) is 13.2 Å². The van der Waals surface area contributed by atoms with Crippen molar-refractivity contribution < 1.29 is 22.3 Å². The molecule has 0 radical (unpaired) electrons. The average Bonchev–Trinajstić information content (AvgIpc) is 3.09. The lowest BCUT2D eigenvalue weighted by Crippen LogP contribution is -2.19. The van der Waals surface area contributed by atoms with Crippen LogP contribution in [0.25, 0.3) is 0 Å². The smallest absolute Gasteiger partial charge is 0.422 e. The molecule has 1 fully saturated rings. The fraction of sp³-hybridized carbons (Fsp3) is 0.538. The summed E-state index contributed by atoms with van der Waals surface area (Å²) < 4.78 is 53.8. The Morgan fingerprint density at radius 1 is 1.21 bits per heavy atom. The van der Waals surface area contributed by atoms with E-state index in [9.17, 15) is 17.6 Å². The largest absolute Gasteiger partial charge is 0.484 e. The van der Waals surface area contributed by atoms with Gasteiger partial charge in [-0.05, 0) is 43.0 Å². The third-order valence-corrected chi connectivity index (χ3v) is 2.79. The van der Waals surface area contributed by atoms with Crippen molar-refractivity contribution in [2.75, 3.05) is 13.2 Å². The molecule has 2 rings (SSSR count). The van der Waals surface area contributed by atoms with Gasteiger partial charge in [0.2, 0.25) is 0 Å². The van der Waals surface area contributed by atoms with Crippen LogP contribution in [0.4, 0.5) is 17.6 Å². The van der Waals surface area contributed by atoms with Gasteiger partial charge < -0.3 is 10.1 Å². The maximum atomic E-state index is 13.3. The zero-order valence-corrected chi connectivity index (χ0v) is 10.3. The van der Waals surface area contributed by atoms with Gasteiger partial charge in [-0.25, -0.2) is 4.39 Å². The Labute approximate surface area is 108 Å². The van der Waals surface area contributed by atoms with E-state index in [1.807, 2.05) is 0 Å². The molecule has 1 aromatic rings. The van der Waals surface area contributed by atoms with E-state index in [2.05, 4.69) is 10.1 Å². The van der Waals surface area contributed by atoms with Crippen molar-refractivity contribution in [3.63, 3.8) is 0 Å². The molecule has 0 spiro atoms. The molecule has 0 atom stereocenters. The molecule has 6 heteroatoms. The molecule has 19 heavy (non-hydrogen) atoms. The maximum absolute atomic E-state index is 13.3. The van der Waals surface area contributed by atoms with Gasteiger partial charge >= 0.3 is 6.18 Å². The molecule has 1 N–H and O–H groups in total. The van der Waals surface area contributed by atoms with Crippen LogP contribution in [0.2, 0.25) is 0 Å². The summed E-state index contributed by atoms with van der Waals surface area (Å²) >= 11 is 0. The maximum Gasteiger partial charge on any atom is 0.422 e. The SMILES string of the molecule is Fc1cc(CNCC2CC2)cc(OCC(F)(F)F)c1. The third-order valence-electron chi connectivity index (χ3n) is 2.79. The minimum atomic E-state index is -4.42. The molecule has 0 aromatic heterocycles. The highest BCUT2D eigenvalue weighted by molar-refractivity contribution is 5.29. The second-order valence-electron chi connectivity index (χ2n) is 4.77. The number of halogens is 4. The Kier molecular flexibility index (Phi) is 4.29. The highest BCUT2D eigenvalue weighted by Gasteiger charge is 2.28. The van der Waals surface area contributed by atoms with Crippen molar-refractivity contribution in [2.45, 2.75) is 25.6 Å². The minimum absolute atomic E-state index is 0.0967. The number of hydrogen-bond acceptors (Lipinski definition) is 2. The first-order valence-electron chi connectivity index (χ1n) is 6.12. The van der Waals surface area contributed by atoms with Crippen LogP contribution in [0.3, 0.4) is 0 Å². The lowest BCUT2D eigenvalue weighted by molar-refractivity contribution is -0.153. The Morgan fingerprint density at radius 2 is 1.95 bits per heavy atom. The second-order valence-corrected chi connectivity index (χ2v) is 4.77. The zero-order chi connectivity index (χ0) is 13.9. The Morgan fingerprint density at radius 3 is 2.58 bits per heavy atom. The molecule has 1 saturated carbocycles. The number of nitrogens with one attached hydrogen (secondary N) is 1. The summed E-state index contributed by atoms with van der Waals surface area (Å²) in [5, 5.41) is 3.15. The van der Waals surface area contributed by atoms with Gasteiger partial charge in [0.25, 0.3) is 0 Å². The average molecular weight is 277 g/mol. The molecule has 0 saturated heterocycles. The van der Waals surface area contributed by atoms with Crippen LogP contribution in [0.15, 0.2) is 18.2 Å². The van der Waals surface area contributed by atoms with Crippen LogP contribution in [-0.2, 0) is 6.54 Å². The van der Waals surface area contributed by atoms with E-state index in [0.29, 0.717) is 18.0 Å². The Hall–Kier alpha value is -1.30. The van der Waals surface area contributed by atoms with Gasteiger partial charge in [0.15, 0.2) is 6.61 Å². The number of ether oxygens (including phenoxy) is 1. The van der Waals surface area contributed by atoms with Crippen LogP contribution in [0.1, 0.15) is 18.4 Å². The summed E-state index contributed by atoms with van der Waals surface area (Å²) in [5.41, 5.74) is 0.581. The molecule has 106 valence electrons. The van der Waals surface area contributed by atoms with Gasteiger partial charge in [-0.1, -0.05) is 0 Å². The lowest BCUT2D eigenvalue weighted by Gasteiger charge is -2.11. The van der Waals surface area contributed by atoms with Gasteiger partial charge in [0.1, 0.15) is 11.6 Å². The summed E-state index contributed by atoms with van der Waals surface area (Å²) in [5.74, 6) is -0.00190. The van der Waals surface area contributed by atoms with Crippen LogP contribution in [0.5, 0.6) is 5.75 Å². The first kappa shape index (κ1) is 14.1. The fourth-order valence-electron chi connectivity index (χ4n) is 1.71. The highest BCUT2D eigenvalue weighted by atomic mass is 19.4. The van der Waals surface area contributed by atoms with E-state index in [0.717, 1.165) is 12.6 Å². The molecular formula is C13H15F4NO. The third kappa shape index (κ3) is 5.46. The molecule has 0 aliphatic heterocycles. The molecule has 0 amide bonds. The monoisotopic (exact) mass is 277 g/mol. The Bertz CT molecular complexity index is 429. The highest BCUT2D eigenvalue weighted by Crippen LogP contribution is 2.27. The predicted molar refractivity (Wildman–Crippen MR) is 62.4 cm³/mol. The van der Waals surface area contributed by atoms with Gasteiger partial charge in [-0.15, -0.1) is 0 Å². The quantitative estimate of drug-likeness (QED) is 0.806. The van der Waals surface area contributed by atoms with E-state index in [1.54, 1.807) is 0 Å². The number of rotatable bonds is 6. The number of hydrogen-bond donors (Lipinski definition) is 1. The van der Waals surface area contributed by atoms with Crippen LogP contribution in [0, 0.1) is 11.7 Å². The second kappa shape index (κ2) is 5.77. The number of benzene rings is 1. The van der Waals surface area contributed by atoms with Gasteiger partial charge in [0.05, 0.1) is 0 Å². The van der Waals surface area contributed by atoms with Crippen molar-refractivity contribution >= 4 is 0 Å². The van der Waals surface area contributed by atoms with Crippen molar-refractivity contribution in [1.29, 1.82) is 0 Å². The Balaban J connectivity index is 1.89. The van der Waals surface area contributed by atoms with Crippen molar-refractivity contribution in [3.05, 3.63) is 29.6 Å². The first-order chi connectivity index (χ1) is 8.92. The zero-order valence-electron chi connectivity index (χ0n) is 10.3. The molecule has 1 aliphatic carbocycles. The summed E-state index contributed by atoms with van der Waals surface area (Å²) in [6.45, 7) is -0.128. The van der Waals surface area contributed by atoms with Gasteiger partial charge in [-0.3, -0.25) is 0 Å². The van der Waals surface area contributed by atoms with Crippen molar-refractivity contribution in [3.8, 4) is 5.75 Å². The predicted octanol–water partition coefficient (Wildman–Crippen LogP) is 3.27. The van der Waals surface area contributed by atoms with E-state index >= 15 is 0 Å². The first-order valence-corrected chi connectivity index (χ1v) is 6.12.